The van der Waals surface area contributed by atoms with E-state index < -0.39 is 0 Å². The van der Waals surface area contributed by atoms with Crippen molar-refractivity contribution in [3.8, 4) is 0 Å². The van der Waals surface area contributed by atoms with Gasteiger partial charge in [-0.2, -0.15) is 0 Å². The van der Waals surface area contributed by atoms with Crippen LogP contribution in [0, 0.1) is 0 Å². The Hall–Kier alpha value is -2.84. The number of carbonyl (C=O) groups excluding carboxylic acids is 1. The summed E-state index contributed by atoms with van der Waals surface area (Å²) in [4.78, 5) is 27.5. The number of hydrogen-bond acceptors (Lipinski definition) is 6. The Balaban J connectivity index is 1.26. The molecule has 0 atom stereocenters. The molecule has 1 amide bonds. The van der Waals surface area contributed by atoms with Gasteiger partial charge in [-0.25, -0.2) is 9.97 Å². The maximum absolute atomic E-state index is 13.2. The van der Waals surface area contributed by atoms with Gasteiger partial charge < -0.3 is 14.2 Å². The monoisotopic (exact) mass is 435 g/mol. The van der Waals surface area contributed by atoms with Gasteiger partial charge in [-0.1, -0.05) is 18.2 Å². The molecule has 1 saturated heterocycles. The van der Waals surface area contributed by atoms with E-state index in [4.69, 9.17) is 0 Å². The van der Waals surface area contributed by atoms with Crippen molar-refractivity contribution in [2.45, 2.75) is 10.6 Å². The smallest absolute Gasteiger partial charge is 0.255 e. The summed E-state index contributed by atoms with van der Waals surface area (Å²) in [6, 6.07) is 13.9. The van der Waals surface area contributed by atoms with E-state index >= 15 is 0 Å². The number of hydrogen-bond donors (Lipinski definition) is 0. The summed E-state index contributed by atoms with van der Waals surface area (Å²) in [6.45, 7) is 3.05. The first kappa shape index (κ1) is 19.1. The third-order valence-corrected chi connectivity index (χ3v) is 7.10. The van der Waals surface area contributed by atoms with Crippen LogP contribution in [0.4, 0.5) is 5.13 Å². The lowest BCUT2D eigenvalue weighted by Crippen LogP contribution is -2.48. The molecule has 0 bridgehead atoms. The molecule has 152 valence electrons. The molecule has 30 heavy (non-hydrogen) atoms. The van der Waals surface area contributed by atoms with E-state index in [0.717, 1.165) is 45.8 Å². The number of anilines is 1. The van der Waals surface area contributed by atoms with Crippen molar-refractivity contribution in [2.75, 3.05) is 31.1 Å². The number of amides is 1. The number of piperazine rings is 1. The number of pyridine rings is 1. The zero-order valence-electron chi connectivity index (χ0n) is 16.3. The fourth-order valence-corrected chi connectivity index (χ4v) is 5.25. The number of aromatic nitrogens is 3. The Kier molecular flexibility index (Phi) is 5.42. The number of benzene rings is 1. The van der Waals surface area contributed by atoms with Crippen LogP contribution in [-0.4, -0.2) is 51.4 Å². The van der Waals surface area contributed by atoms with Gasteiger partial charge in [-0.15, -0.1) is 23.1 Å². The van der Waals surface area contributed by atoms with Crippen LogP contribution in [0.15, 0.2) is 71.3 Å². The summed E-state index contributed by atoms with van der Waals surface area (Å²) in [6.07, 6.45) is 5.87. The second-order valence-corrected chi connectivity index (χ2v) is 8.97. The summed E-state index contributed by atoms with van der Waals surface area (Å²) < 4.78 is 2.02. The molecule has 1 aliphatic rings. The number of fused-ring (bicyclic) bond motifs is 1. The van der Waals surface area contributed by atoms with Gasteiger partial charge in [0.1, 0.15) is 5.65 Å². The van der Waals surface area contributed by atoms with Gasteiger partial charge in [0.2, 0.25) is 0 Å². The van der Waals surface area contributed by atoms with Crippen molar-refractivity contribution in [1.29, 1.82) is 0 Å². The van der Waals surface area contributed by atoms with Crippen molar-refractivity contribution in [3.05, 3.63) is 77.7 Å². The zero-order valence-corrected chi connectivity index (χ0v) is 18.0. The third kappa shape index (κ3) is 3.93. The largest absolute Gasteiger partial charge is 0.345 e. The second kappa shape index (κ2) is 8.49. The Morgan fingerprint density at radius 2 is 1.90 bits per heavy atom. The van der Waals surface area contributed by atoms with Crippen LogP contribution in [0.25, 0.3) is 5.65 Å². The van der Waals surface area contributed by atoms with E-state index in [1.54, 1.807) is 23.1 Å². The summed E-state index contributed by atoms with van der Waals surface area (Å²) >= 11 is 3.31. The van der Waals surface area contributed by atoms with Crippen molar-refractivity contribution >= 4 is 39.8 Å². The average Bonchev–Trinajstić information content (AvgIpc) is 3.47. The van der Waals surface area contributed by atoms with E-state index in [2.05, 4.69) is 14.9 Å². The normalized spacial score (nSPS) is 14.4. The lowest BCUT2D eigenvalue weighted by molar-refractivity contribution is 0.0743. The highest BCUT2D eigenvalue weighted by molar-refractivity contribution is 7.98. The summed E-state index contributed by atoms with van der Waals surface area (Å²) in [7, 11) is 0. The number of thioether (sulfide) groups is 1. The van der Waals surface area contributed by atoms with Crippen LogP contribution >= 0.6 is 23.1 Å². The molecule has 4 aromatic rings. The average molecular weight is 436 g/mol. The molecule has 0 N–H and O–H groups in total. The van der Waals surface area contributed by atoms with Crippen molar-refractivity contribution < 1.29 is 4.79 Å². The molecule has 1 aliphatic heterocycles. The molecule has 1 aromatic carbocycles. The Morgan fingerprint density at radius 1 is 1.07 bits per heavy atom. The van der Waals surface area contributed by atoms with E-state index in [1.165, 1.54) is 0 Å². The number of imidazole rings is 1. The second-order valence-electron chi connectivity index (χ2n) is 7.08. The Bertz CT molecular complexity index is 1120. The number of nitrogens with zero attached hydrogens (tertiary/aromatic N) is 5. The van der Waals surface area contributed by atoms with Gasteiger partial charge in [0, 0.05) is 60.8 Å². The summed E-state index contributed by atoms with van der Waals surface area (Å²) in [5, 5.41) is 3.02. The van der Waals surface area contributed by atoms with E-state index in [0.29, 0.717) is 13.1 Å². The van der Waals surface area contributed by atoms with Crippen LogP contribution in [0.5, 0.6) is 0 Å². The van der Waals surface area contributed by atoms with Gasteiger partial charge >= 0.3 is 0 Å². The van der Waals surface area contributed by atoms with Gasteiger partial charge in [-0.3, -0.25) is 4.79 Å². The SMILES string of the molecule is O=C(c1ccccc1SCc1cn2ccccc2n1)N1CCN(c2nccs2)CC1. The van der Waals surface area contributed by atoms with Crippen molar-refractivity contribution in [3.63, 3.8) is 0 Å². The fraction of sp³-hybridized carbons (Fsp3) is 0.227. The Labute approximate surface area is 183 Å². The van der Waals surface area contributed by atoms with E-state index in [-0.39, 0.29) is 5.91 Å². The first-order valence-electron chi connectivity index (χ1n) is 9.86. The molecule has 1 fully saturated rings. The lowest BCUT2D eigenvalue weighted by Gasteiger charge is -2.34. The molecule has 0 aliphatic carbocycles. The van der Waals surface area contributed by atoms with Gasteiger partial charge in [0.15, 0.2) is 5.13 Å². The van der Waals surface area contributed by atoms with Gasteiger partial charge in [0.25, 0.3) is 5.91 Å². The van der Waals surface area contributed by atoms with Crippen LogP contribution < -0.4 is 4.90 Å². The molecule has 3 aromatic heterocycles. The van der Waals surface area contributed by atoms with E-state index in [9.17, 15) is 4.79 Å². The summed E-state index contributed by atoms with van der Waals surface area (Å²) in [5.74, 6) is 0.830. The van der Waals surface area contributed by atoms with Crippen molar-refractivity contribution in [2.24, 2.45) is 0 Å². The standard InChI is InChI=1S/C22H21N5OS2/c28-21(25-10-12-26(13-11-25)22-23-8-14-29-22)18-5-1-2-6-19(18)30-16-17-15-27-9-4-3-7-20(27)24-17/h1-9,14-15H,10-13,16H2. The summed E-state index contributed by atoms with van der Waals surface area (Å²) in [5.41, 5.74) is 2.72. The topological polar surface area (TPSA) is 53.7 Å². The quantitative estimate of drug-likeness (QED) is 0.443. The molecule has 0 spiro atoms. The zero-order chi connectivity index (χ0) is 20.3. The number of rotatable bonds is 5. The first-order chi connectivity index (χ1) is 14.8. The molecule has 8 heteroatoms. The Morgan fingerprint density at radius 3 is 2.70 bits per heavy atom. The molecule has 0 unspecified atom stereocenters. The molecule has 0 radical (unpaired) electrons. The van der Waals surface area contributed by atoms with Crippen LogP contribution in [0.2, 0.25) is 0 Å². The predicted molar refractivity (Wildman–Crippen MR) is 121 cm³/mol. The highest BCUT2D eigenvalue weighted by Gasteiger charge is 2.24. The van der Waals surface area contributed by atoms with E-state index in [1.807, 2.05) is 75.7 Å². The minimum absolute atomic E-state index is 0.104. The highest BCUT2D eigenvalue weighted by atomic mass is 32.2. The molecular weight excluding hydrogens is 414 g/mol. The van der Waals surface area contributed by atoms with Gasteiger partial charge in [-0.05, 0) is 24.3 Å². The van der Waals surface area contributed by atoms with Crippen LogP contribution in [-0.2, 0) is 5.75 Å². The molecule has 0 saturated carbocycles. The third-order valence-electron chi connectivity index (χ3n) is 5.16. The molecular formula is C22H21N5OS2. The predicted octanol–water partition coefficient (Wildman–Crippen LogP) is 4.05. The van der Waals surface area contributed by atoms with Gasteiger partial charge in [0.05, 0.1) is 11.3 Å². The number of thiazole rings is 1. The maximum atomic E-state index is 13.2. The molecule has 4 heterocycles. The van der Waals surface area contributed by atoms with Crippen LogP contribution in [0.3, 0.4) is 0 Å². The molecule has 6 nitrogen and oxygen atoms in total. The highest BCUT2D eigenvalue weighted by Crippen LogP contribution is 2.28. The first-order valence-corrected chi connectivity index (χ1v) is 11.7. The number of carbonyl (C=O) groups is 1. The maximum Gasteiger partial charge on any atom is 0.255 e. The minimum Gasteiger partial charge on any atom is -0.345 e. The molecule has 5 rings (SSSR count). The van der Waals surface area contributed by atoms with Crippen molar-refractivity contribution in [1.82, 2.24) is 19.3 Å². The minimum atomic E-state index is 0.104. The lowest BCUT2D eigenvalue weighted by atomic mass is 10.2. The fourth-order valence-electron chi connectivity index (χ4n) is 3.62. The van der Waals surface area contributed by atoms with Crippen LogP contribution in [0.1, 0.15) is 16.1 Å².